The highest BCUT2D eigenvalue weighted by molar-refractivity contribution is 8.00. The van der Waals surface area contributed by atoms with Crippen LogP contribution in [0.15, 0.2) is 24.3 Å². The second-order valence-corrected chi connectivity index (χ2v) is 6.14. The summed E-state index contributed by atoms with van der Waals surface area (Å²) in [6.07, 6.45) is 0. The van der Waals surface area contributed by atoms with Crippen LogP contribution in [-0.4, -0.2) is 47.7 Å². The molecule has 1 unspecified atom stereocenters. The van der Waals surface area contributed by atoms with Crippen molar-refractivity contribution in [1.29, 1.82) is 0 Å². The Balaban J connectivity index is 1.79. The zero-order chi connectivity index (χ0) is 17.3. The molecule has 2 saturated heterocycles. The molecule has 0 spiro atoms. The first-order valence-electron chi connectivity index (χ1n) is 6.99. The Hall–Kier alpha value is -2.59. The number of rotatable bonds is 4. The number of ether oxygens (including phenoxy) is 1. The van der Waals surface area contributed by atoms with E-state index in [9.17, 15) is 19.2 Å². The molecule has 1 atom stereocenters. The van der Waals surface area contributed by atoms with E-state index < -0.39 is 29.3 Å². The number of carbonyl (C=O) groups is 4. The summed E-state index contributed by atoms with van der Waals surface area (Å²) in [7, 11) is 1.55. The van der Waals surface area contributed by atoms with Crippen LogP contribution in [0.3, 0.4) is 0 Å². The standard InChI is InChI=1S/C14H14N4O5S/c1-23-8-4-2-7(3-5-8)13-18(9(19)6-24-13)17-10-11(20)15-14(22)16-12(10)21/h2-5,10,13,17H,6H2,1H3,(H2,15,16,20,21,22). The maximum Gasteiger partial charge on any atom is 0.328 e. The van der Waals surface area contributed by atoms with Crippen molar-refractivity contribution in [2.45, 2.75) is 11.4 Å². The Morgan fingerprint density at radius 2 is 1.75 bits per heavy atom. The van der Waals surface area contributed by atoms with Gasteiger partial charge in [-0.1, -0.05) is 12.1 Å². The highest BCUT2D eigenvalue weighted by atomic mass is 32.2. The molecule has 0 aromatic heterocycles. The summed E-state index contributed by atoms with van der Waals surface area (Å²) in [5.41, 5.74) is 3.43. The largest absolute Gasteiger partial charge is 0.497 e. The van der Waals surface area contributed by atoms with E-state index in [-0.39, 0.29) is 11.7 Å². The number of imide groups is 2. The Kier molecular flexibility index (Phi) is 4.40. The van der Waals surface area contributed by atoms with E-state index in [1.165, 1.54) is 16.8 Å². The molecule has 10 heteroatoms. The summed E-state index contributed by atoms with van der Waals surface area (Å²) in [5, 5.41) is 4.81. The van der Waals surface area contributed by atoms with Gasteiger partial charge in [0.1, 0.15) is 11.1 Å². The fourth-order valence-corrected chi connectivity index (χ4v) is 3.47. The minimum Gasteiger partial charge on any atom is -0.497 e. The molecule has 2 aliphatic heterocycles. The van der Waals surface area contributed by atoms with Crippen LogP contribution < -0.4 is 20.8 Å². The van der Waals surface area contributed by atoms with Crippen molar-refractivity contribution < 1.29 is 23.9 Å². The van der Waals surface area contributed by atoms with Crippen molar-refractivity contribution in [1.82, 2.24) is 21.1 Å². The summed E-state index contributed by atoms with van der Waals surface area (Å²) in [4.78, 5) is 46.8. The molecule has 2 heterocycles. The number of hydrogen-bond donors (Lipinski definition) is 3. The first-order chi connectivity index (χ1) is 11.5. The van der Waals surface area contributed by atoms with Gasteiger partial charge in [0, 0.05) is 0 Å². The molecule has 2 fully saturated rings. The smallest absolute Gasteiger partial charge is 0.328 e. The predicted octanol–water partition coefficient (Wildman–Crippen LogP) is -0.492. The summed E-state index contributed by atoms with van der Waals surface area (Å²) >= 11 is 1.36. The van der Waals surface area contributed by atoms with Gasteiger partial charge in [-0.15, -0.1) is 11.8 Å². The maximum absolute atomic E-state index is 12.1. The zero-order valence-electron chi connectivity index (χ0n) is 12.6. The van der Waals surface area contributed by atoms with Crippen molar-refractivity contribution in [2.75, 3.05) is 12.9 Å². The van der Waals surface area contributed by atoms with Gasteiger partial charge in [0.05, 0.1) is 12.9 Å². The van der Waals surface area contributed by atoms with E-state index in [4.69, 9.17) is 4.74 Å². The van der Waals surface area contributed by atoms with E-state index in [0.29, 0.717) is 5.75 Å². The monoisotopic (exact) mass is 350 g/mol. The van der Waals surface area contributed by atoms with Gasteiger partial charge in [-0.05, 0) is 17.7 Å². The van der Waals surface area contributed by atoms with Crippen LogP contribution in [0.1, 0.15) is 10.9 Å². The van der Waals surface area contributed by atoms with Gasteiger partial charge in [-0.2, -0.15) is 0 Å². The van der Waals surface area contributed by atoms with Gasteiger partial charge < -0.3 is 4.74 Å². The van der Waals surface area contributed by atoms with Gasteiger partial charge in [0.15, 0.2) is 6.04 Å². The molecule has 2 aliphatic rings. The number of barbiturate groups is 1. The molecule has 3 rings (SSSR count). The molecule has 24 heavy (non-hydrogen) atoms. The first kappa shape index (κ1) is 16.3. The summed E-state index contributed by atoms with van der Waals surface area (Å²) in [6.45, 7) is 0. The van der Waals surface area contributed by atoms with E-state index >= 15 is 0 Å². The van der Waals surface area contributed by atoms with Crippen molar-refractivity contribution >= 4 is 35.5 Å². The molecule has 0 saturated carbocycles. The van der Waals surface area contributed by atoms with Crippen LogP contribution in [-0.2, 0) is 14.4 Å². The Morgan fingerprint density at radius 1 is 1.12 bits per heavy atom. The van der Waals surface area contributed by atoms with E-state index in [0.717, 1.165) is 5.56 Å². The number of hydrogen-bond acceptors (Lipinski definition) is 7. The lowest BCUT2D eigenvalue weighted by molar-refractivity contribution is -0.139. The highest BCUT2D eigenvalue weighted by Gasteiger charge is 2.41. The maximum atomic E-state index is 12.1. The lowest BCUT2D eigenvalue weighted by Gasteiger charge is -2.30. The number of urea groups is 1. The SMILES string of the molecule is COc1ccc(C2SCC(=O)N2NC2C(=O)NC(=O)NC2=O)cc1. The number of nitrogens with zero attached hydrogens (tertiary/aromatic N) is 1. The van der Waals surface area contributed by atoms with Crippen molar-refractivity contribution in [2.24, 2.45) is 0 Å². The zero-order valence-corrected chi connectivity index (χ0v) is 13.4. The summed E-state index contributed by atoms with van der Waals surface area (Å²) in [5.74, 6) is -0.988. The van der Waals surface area contributed by atoms with Crippen LogP contribution in [0.2, 0.25) is 0 Å². The summed E-state index contributed by atoms with van der Waals surface area (Å²) < 4.78 is 5.10. The minimum atomic E-state index is -1.36. The van der Waals surface area contributed by atoms with Crippen LogP contribution in [0.4, 0.5) is 4.79 Å². The molecule has 3 N–H and O–H groups in total. The normalized spacial score (nSPS) is 21.7. The van der Waals surface area contributed by atoms with Gasteiger partial charge in [-0.3, -0.25) is 30.0 Å². The Labute approximate surface area is 141 Å². The van der Waals surface area contributed by atoms with E-state index in [2.05, 4.69) is 5.43 Å². The van der Waals surface area contributed by atoms with Gasteiger partial charge >= 0.3 is 6.03 Å². The third-order valence-corrected chi connectivity index (χ3v) is 4.75. The van der Waals surface area contributed by atoms with Crippen LogP contribution >= 0.6 is 11.8 Å². The lowest BCUT2D eigenvalue weighted by atomic mass is 10.2. The molecule has 1 aromatic rings. The van der Waals surface area contributed by atoms with E-state index in [1.54, 1.807) is 31.4 Å². The Morgan fingerprint density at radius 3 is 2.33 bits per heavy atom. The molecule has 5 amide bonds. The van der Waals surface area contributed by atoms with Crippen LogP contribution in [0.5, 0.6) is 5.75 Å². The third-order valence-electron chi connectivity index (χ3n) is 3.53. The molecule has 126 valence electrons. The second kappa shape index (κ2) is 6.49. The van der Waals surface area contributed by atoms with Gasteiger partial charge in [0.2, 0.25) is 5.91 Å². The van der Waals surface area contributed by atoms with Crippen LogP contribution in [0.25, 0.3) is 0 Å². The molecular formula is C14H14N4O5S. The number of hydrazine groups is 1. The predicted molar refractivity (Wildman–Crippen MR) is 83.6 cm³/mol. The van der Waals surface area contributed by atoms with Gasteiger partial charge in [-0.25, -0.2) is 10.2 Å². The lowest BCUT2D eigenvalue weighted by Crippen LogP contribution is -2.66. The Bertz CT molecular complexity index is 688. The van der Waals surface area contributed by atoms with Gasteiger partial charge in [0.25, 0.3) is 11.8 Å². The van der Waals surface area contributed by atoms with Crippen molar-refractivity contribution in [3.8, 4) is 5.75 Å². The fourth-order valence-electron chi connectivity index (χ4n) is 2.35. The number of nitrogens with one attached hydrogen (secondary N) is 3. The fraction of sp³-hybridized carbons (Fsp3) is 0.286. The molecule has 1 aromatic carbocycles. The number of benzene rings is 1. The number of thioether (sulfide) groups is 1. The number of amides is 5. The quantitative estimate of drug-likeness (QED) is 0.627. The van der Waals surface area contributed by atoms with Crippen molar-refractivity contribution in [3.63, 3.8) is 0 Å². The second-order valence-electron chi connectivity index (χ2n) is 5.07. The van der Waals surface area contributed by atoms with E-state index in [1.807, 2.05) is 10.6 Å². The molecule has 9 nitrogen and oxygen atoms in total. The average Bonchev–Trinajstić information content (AvgIpc) is 2.91. The molecule has 0 bridgehead atoms. The summed E-state index contributed by atoms with van der Waals surface area (Å²) in [6, 6.07) is 4.89. The molecule has 0 radical (unpaired) electrons. The first-order valence-corrected chi connectivity index (χ1v) is 8.04. The third kappa shape index (κ3) is 3.05. The van der Waals surface area contributed by atoms with Crippen LogP contribution in [0, 0.1) is 0 Å². The van der Waals surface area contributed by atoms with Crippen molar-refractivity contribution in [3.05, 3.63) is 29.8 Å². The molecule has 0 aliphatic carbocycles. The molecular weight excluding hydrogens is 336 g/mol. The number of methoxy groups -OCH3 is 1. The average molecular weight is 350 g/mol. The number of carbonyl (C=O) groups excluding carboxylic acids is 4. The topological polar surface area (TPSA) is 117 Å². The minimum absolute atomic E-state index is 0.207. The highest BCUT2D eigenvalue weighted by Crippen LogP contribution is 2.37.